The van der Waals surface area contributed by atoms with E-state index in [4.69, 9.17) is 14.2 Å². The summed E-state index contributed by atoms with van der Waals surface area (Å²) in [4.78, 5) is 4.46. The first-order chi connectivity index (χ1) is 9.35. The van der Waals surface area contributed by atoms with Gasteiger partial charge in [0.2, 0.25) is 0 Å². The molecule has 0 saturated carbocycles. The molecule has 0 atom stereocenters. The van der Waals surface area contributed by atoms with E-state index in [1.807, 2.05) is 13.8 Å². The summed E-state index contributed by atoms with van der Waals surface area (Å²) in [5.74, 6) is 0.832. The molecule has 0 rings (SSSR count). The molecular formula is C13H30IN3O3. The Morgan fingerprint density at radius 1 is 1.00 bits per heavy atom. The van der Waals surface area contributed by atoms with Crippen molar-refractivity contribution >= 4 is 29.9 Å². The minimum atomic E-state index is 0. The lowest BCUT2D eigenvalue weighted by atomic mass is 10.4. The standard InChI is InChI=1S/C13H29N3O3.HI/c1-4-14-13(16-8-10-18-5-2)15-7-6-9-19-12-11-17-3;/h4-12H2,1-3H3,(H2,14,15,16);1H. The van der Waals surface area contributed by atoms with Crippen LogP contribution in [0.3, 0.4) is 0 Å². The molecule has 0 bridgehead atoms. The fourth-order valence-electron chi connectivity index (χ4n) is 1.33. The van der Waals surface area contributed by atoms with Crippen molar-refractivity contribution in [1.29, 1.82) is 0 Å². The summed E-state index contributed by atoms with van der Waals surface area (Å²) in [6, 6.07) is 0. The van der Waals surface area contributed by atoms with Crippen LogP contribution in [0.4, 0.5) is 0 Å². The van der Waals surface area contributed by atoms with Crippen molar-refractivity contribution in [3.8, 4) is 0 Å². The number of methoxy groups -OCH3 is 1. The van der Waals surface area contributed by atoms with Crippen LogP contribution in [0.15, 0.2) is 4.99 Å². The van der Waals surface area contributed by atoms with Crippen molar-refractivity contribution in [1.82, 2.24) is 10.6 Å². The summed E-state index contributed by atoms with van der Waals surface area (Å²) < 4.78 is 15.5. The monoisotopic (exact) mass is 403 g/mol. The Morgan fingerprint density at radius 2 is 1.80 bits per heavy atom. The lowest BCUT2D eigenvalue weighted by Crippen LogP contribution is -2.39. The lowest BCUT2D eigenvalue weighted by Gasteiger charge is -2.11. The number of ether oxygens (including phenoxy) is 3. The number of nitrogens with zero attached hydrogens (tertiary/aromatic N) is 1. The van der Waals surface area contributed by atoms with Gasteiger partial charge >= 0.3 is 0 Å². The summed E-state index contributed by atoms with van der Waals surface area (Å²) >= 11 is 0. The van der Waals surface area contributed by atoms with Gasteiger partial charge < -0.3 is 24.8 Å². The van der Waals surface area contributed by atoms with E-state index in [1.54, 1.807) is 7.11 Å². The van der Waals surface area contributed by atoms with Crippen LogP contribution in [0.1, 0.15) is 20.3 Å². The van der Waals surface area contributed by atoms with Gasteiger partial charge in [0.15, 0.2) is 5.96 Å². The molecule has 0 aromatic heterocycles. The van der Waals surface area contributed by atoms with Gasteiger partial charge in [-0.05, 0) is 20.3 Å². The van der Waals surface area contributed by atoms with E-state index < -0.39 is 0 Å². The summed E-state index contributed by atoms with van der Waals surface area (Å²) in [5.41, 5.74) is 0. The predicted octanol–water partition coefficient (Wildman–Crippen LogP) is 1.25. The summed E-state index contributed by atoms with van der Waals surface area (Å²) in [6.07, 6.45) is 0.908. The average Bonchev–Trinajstić information content (AvgIpc) is 2.42. The Balaban J connectivity index is 0. The second kappa shape index (κ2) is 18.9. The Labute approximate surface area is 140 Å². The normalized spacial score (nSPS) is 11.1. The molecule has 0 heterocycles. The molecule has 0 spiro atoms. The van der Waals surface area contributed by atoms with Crippen LogP contribution < -0.4 is 10.6 Å². The maximum atomic E-state index is 5.37. The first-order valence-electron chi connectivity index (χ1n) is 7.01. The number of guanidine groups is 1. The van der Waals surface area contributed by atoms with E-state index >= 15 is 0 Å². The highest BCUT2D eigenvalue weighted by molar-refractivity contribution is 14.0. The van der Waals surface area contributed by atoms with E-state index in [1.165, 1.54) is 0 Å². The molecule has 7 heteroatoms. The zero-order chi connectivity index (χ0) is 14.2. The van der Waals surface area contributed by atoms with Crippen LogP contribution in [0.2, 0.25) is 0 Å². The van der Waals surface area contributed by atoms with Gasteiger partial charge in [0, 0.05) is 40.0 Å². The van der Waals surface area contributed by atoms with Crippen molar-refractivity contribution in [2.24, 2.45) is 4.99 Å². The number of nitrogens with one attached hydrogen (secondary N) is 2. The van der Waals surface area contributed by atoms with Crippen LogP contribution in [0.5, 0.6) is 0 Å². The summed E-state index contributed by atoms with van der Waals surface area (Å²) in [6.45, 7) is 9.85. The van der Waals surface area contributed by atoms with Crippen molar-refractivity contribution in [3.05, 3.63) is 0 Å². The largest absolute Gasteiger partial charge is 0.382 e. The SMILES string of the molecule is CCNC(=NCCCOCCOC)NCCOCC.I. The predicted molar refractivity (Wildman–Crippen MR) is 93.2 cm³/mol. The molecule has 0 aliphatic rings. The number of halogens is 1. The zero-order valence-corrected chi connectivity index (χ0v) is 15.3. The van der Waals surface area contributed by atoms with Crippen molar-refractivity contribution in [3.63, 3.8) is 0 Å². The van der Waals surface area contributed by atoms with Gasteiger partial charge in [-0.3, -0.25) is 4.99 Å². The first-order valence-corrected chi connectivity index (χ1v) is 7.01. The fourth-order valence-corrected chi connectivity index (χ4v) is 1.33. The minimum absolute atomic E-state index is 0. The van der Waals surface area contributed by atoms with Crippen molar-refractivity contribution < 1.29 is 14.2 Å². The molecule has 0 aromatic rings. The molecule has 2 N–H and O–H groups in total. The smallest absolute Gasteiger partial charge is 0.191 e. The highest BCUT2D eigenvalue weighted by Crippen LogP contribution is 1.85. The van der Waals surface area contributed by atoms with E-state index in [-0.39, 0.29) is 24.0 Å². The highest BCUT2D eigenvalue weighted by Gasteiger charge is 1.96. The molecule has 0 radical (unpaired) electrons. The Hall–Kier alpha value is -0.120. The maximum absolute atomic E-state index is 5.37. The molecule has 0 unspecified atom stereocenters. The van der Waals surface area contributed by atoms with Gasteiger partial charge in [0.1, 0.15) is 0 Å². The molecule has 0 aromatic carbocycles. The fraction of sp³-hybridized carbons (Fsp3) is 0.923. The molecule has 20 heavy (non-hydrogen) atoms. The van der Waals surface area contributed by atoms with Crippen LogP contribution in [0, 0.1) is 0 Å². The second-order valence-electron chi connectivity index (χ2n) is 3.84. The van der Waals surface area contributed by atoms with Gasteiger partial charge in [-0.25, -0.2) is 0 Å². The molecule has 0 aliphatic carbocycles. The van der Waals surface area contributed by atoms with E-state index in [0.29, 0.717) is 26.4 Å². The molecule has 0 fully saturated rings. The number of rotatable bonds is 12. The number of hydrogen-bond donors (Lipinski definition) is 2. The summed E-state index contributed by atoms with van der Waals surface area (Å²) in [5, 5.41) is 6.41. The van der Waals surface area contributed by atoms with Crippen molar-refractivity contribution in [2.45, 2.75) is 20.3 Å². The molecule has 122 valence electrons. The third kappa shape index (κ3) is 15.9. The van der Waals surface area contributed by atoms with E-state index in [2.05, 4.69) is 15.6 Å². The van der Waals surface area contributed by atoms with Crippen LogP contribution in [0.25, 0.3) is 0 Å². The van der Waals surface area contributed by atoms with Gasteiger partial charge in [0.05, 0.1) is 19.8 Å². The Kier molecular flexibility index (Phi) is 20.9. The van der Waals surface area contributed by atoms with Gasteiger partial charge in [-0.15, -0.1) is 24.0 Å². The molecule has 0 saturated heterocycles. The Morgan fingerprint density at radius 3 is 2.45 bits per heavy atom. The van der Waals surface area contributed by atoms with Gasteiger partial charge in [0.25, 0.3) is 0 Å². The quantitative estimate of drug-likeness (QED) is 0.222. The maximum Gasteiger partial charge on any atom is 0.191 e. The molecule has 6 nitrogen and oxygen atoms in total. The zero-order valence-electron chi connectivity index (χ0n) is 12.9. The van der Waals surface area contributed by atoms with Gasteiger partial charge in [-0.1, -0.05) is 0 Å². The Bertz CT molecular complexity index is 219. The lowest BCUT2D eigenvalue weighted by molar-refractivity contribution is 0.0702. The van der Waals surface area contributed by atoms with Crippen molar-refractivity contribution in [2.75, 3.05) is 59.8 Å². The van der Waals surface area contributed by atoms with Crippen LogP contribution in [-0.2, 0) is 14.2 Å². The molecule has 0 amide bonds. The second-order valence-corrected chi connectivity index (χ2v) is 3.84. The topological polar surface area (TPSA) is 64.1 Å². The van der Waals surface area contributed by atoms with E-state index in [9.17, 15) is 0 Å². The number of aliphatic imine (C=N–C) groups is 1. The third-order valence-corrected chi connectivity index (χ3v) is 2.24. The summed E-state index contributed by atoms with van der Waals surface area (Å²) in [7, 11) is 1.67. The van der Waals surface area contributed by atoms with E-state index in [0.717, 1.165) is 38.6 Å². The van der Waals surface area contributed by atoms with Crippen LogP contribution >= 0.6 is 24.0 Å². The average molecular weight is 403 g/mol. The highest BCUT2D eigenvalue weighted by atomic mass is 127. The number of hydrogen-bond acceptors (Lipinski definition) is 4. The first kappa shape index (κ1) is 22.2. The molecular weight excluding hydrogens is 373 g/mol. The van der Waals surface area contributed by atoms with Crippen LogP contribution in [-0.4, -0.2) is 65.7 Å². The minimum Gasteiger partial charge on any atom is -0.382 e. The van der Waals surface area contributed by atoms with Gasteiger partial charge in [-0.2, -0.15) is 0 Å². The molecule has 0 aliphatic heterocycles. The third-order valence-electron chi connectivity index (χ3n) is 2.24.